The molecule has 21 heavy (non-hydrogen) atoms. The number of ether oxygens (including phenoxy) is 1. The third-order valence-electron chi connectivity index (χ3n) is 2.99. The van der Waals surface area contributed by atoms with Gasteiger partial charge in [-0.2, -0.15) is 0 Å². The first kappa shape index (κ1) is 15.7. The van der Waals surface area contributed by atoms with Crippen LogP contribution < -0.4 is 14.8 Å². The highest BCUT2D eigenvalue weighted by Crippen LogP contribution is 2.35. The van der Waals surface area contributed by atoms with E-state index in [4.69, 9.17) is 9.84 Å². The van der Waals surface area contributed by atoms with Gasteiger partial charge < -0.3 is 15.2 Å². The Morgan fingerprint density at radius 2 is 2.10 bits per heavy atom. The molecule has 2 rings (SSSR count). The summed E-state index contributed by atoms with van der Waals surface area (Å²) in [5, 5.41) is 11.8. The van der Waals surface area contributed by atoms with Gasteiger partial charge in [-0.15, -0.1) is 0 Å². The van der Waals surface area contributed by atoms with E-state index in [2.05, 4.69) is 10.0 Å². The lowest BCUT2D eigenvalue weighted by molar-refractivity contribution is -0.129. The van der Waals surface area contributed by atoms with E-state index in [1.807, 2.05) is 0 Å². The fourth-order valence-electron chi connectivity index (χ4n) is 1.77. The summed E-state index contributed by atoms with van der Waals surface area (Å²) in [5.74, 6) is 0.0653. The van der Waals surface area contributed by atoms with Crippen molar-refractivity contribution in [3.63, 3.8) is 0 Å². The van der Waals surface area contributed by atoms with Gasteiger partial charge in [0.05, 0.1) is 16.7 Å². The van der Waals surface area contributed by atoms with Crippen LogP contribution in [0.2, 0.25) is 0 Å². The van der Waals surface area contributed by atoms with Gasteiger partial charge in [0, 0.05) is 6.54 Å². The Hall–Kier alpha value is -1.64. The SMILES string of the molecule is CC(O)CNS(=O)(=O)c1ccc2c(c1)NC(=O)C(C)(C)O2. The van der Waals surface area contributed by atoms with Crippen molar-refractivity contribution < 1.29 is 23.1 Å². The summed E-state index contributed by atoms with van der Waals surface area (Å²) >= 11 is 0. The van der Waals surface area contributed by atoms with Crippen LogP contribution >= 0.6 is 0 Å². The molecule has 116 valence electrons. The average molecular weight is 314 g/mol. The minimum absolute atomic E-state index is 0.00879. The summed E-state index contributed by atoms with van der Waals surface area (Å²) in [4.78, 5) is 11.8. The molecule has 1 aliphatic rings. The Bertz CT molecular complexity index is 667. The number of aliphatic hydroxyl groups is 1. The lowest BCUT2D eigenvalue weighted by Gasteiger charge is -2.31. The maximum Gasteiger partial charge on any atom is 0.268 e. The Kier molecular flexibility index (Phi) is 3.96. The first-order valence-electron chi connectivity index (χ1n) is 6.44. The zero-order valence-electron chi connectivity index (χ0n) is 12.0. The highest BCUT2D eigenvalue weighted by atomic mass is 32.2. The smallest absolute Gasteiger partial charge is 0.268 e. The Morgan fingerprint density at radius 1 is 1.43 bits per heavy atom. The van der Waals surface area contributed by atoms with Gasteiger partial charge in [0.15, 0.2) is 5.60 Å². The molecule has 0 fully saturated rings. The predicted octanol–water partition coefficient (Wildman–Crippen LogP) is 0.455. The molecule has 0 bridgehead atoms. The monoisotopic (exact) mass is 314 g/mol. The van der Waals surface area contributed by atoms with Gasteiger partial charge in [-0.25, -0.2) is 13.1 Å². The van der Waals surface area contributed by atoms with Crippen molar-refractivity contribution in [2.45, 2.75) is 37.4 Å². The van der Waals surface area contributed by atoms with E-state index in [1.165, 1.54) is 25.1 Å². The first-order chi connectivity index (χ1) is 9.62. The normalized spacial score (nSPS) is 18.4. The Morgan fingerprint density at radius 3 is 2.71 bits per heavy atom. The van der Waals surface area contributed by atoms with Crippen LogP contribution in [0.1, 0.15) is 20.8 Å². The highest BCUT2D eigenvalue weighted by Gasteiger charge is 2.35. The second-order valence-electron chi connectivity index (χ2n) is 5.43. The molecule has 0 radical (unpaired) electrons. The summed E-state index contributed by atoms with van der Waals surface area (Å²) in [6.07, 6.45) is -0.791. The minimum atomic E-state index is -3.75. The first-order valence-corrected chi connectivity index (χ1v) is 7.92. The Balaban J connectivity index is 2.30. The van der Waals surface area contributed by atoms with E-state index >= 15 is 0 Å². The number of hydrogen-bond acceptors (Lipinski definition) is 5. The summed E-state index contributed by atoms with van der Waals surface area (Å²) < 4.78 is 31.9. The summed E-state index contributed by atoms with van der Waals surface area (Å²) in [5.41, 5.74) is -0.697. The lowest BCUT2D eigenvalue weighted by atomic mass is 10.1. The molecule has 1 aromatic rings. The molecular weight excluding hydrogens is 296 g/mol. The van der Waals surface area contributed by atoms with E-state index in [0.29, 0.717) is 11.4 Å². The van der Waals surface area contributed by atoms with Crippen LogP contribution in [0.3, 0.4) is 0 Å². The number of anilines is 1. The van der Waals surface area contributed by atoms with Crippen molar-refractivity contribution in [2.24, 2.45) is 0 Å². The number of nitrogens with one attached hydrogen (secondary N) is 2. The van der Waals surface area contributed by atoms with Crippen LogP contribution in [0.25, 0.3) is 0 Å². The Labute approximate surface area is 123 Å². The van der Waals surface area contributed by atoms with E-state index < -0.39 is 21.7 Å². The molecule has 1 aliphatic heterocycles. The van der Waals surface area contributed by atoms with Crippen molar-refractivity contribution in [2.75, 3.05) is 11.9 Å². The standard InChI is InChI=1S/C13H18N2O5S/c1-8(16)7-14-21(18,19)9-4-5-11-10(6-9)15-12(17)13(2,3)20-11/h4-6,8,14,16H,7H2,1-3H3,(H,15,17). The van der Waals surface area contributed by atoms with Crippen molar-refractivity contribution >= 4 is 21.6 Å². The predicted molar refractivity (Wildman–Crippen MR) is 76.6 cm³/mol. The van der Waals surface area contributed by atoms with Crippen molar-refractivity contribution in [1.82, 2.24) is 4.72 Å². The number of carbonyl (C=O) groups is 1. The molecule has 0 saturated heterocycles. The highest BCUT2D eigenvalue weighted by molar-refractivity contribution is 7.89. The minimum Gasteiger partial charge on any atom is -0.476 e. The number of amides is 1. The summed E-state index contributed by atoms with van der Waals surface area (Å²) in [6.45, 7) is 4.64. The van der Waals surface area contributed by atoms with E-state index in [0.717, 1.165) is 0 Å². The zero-order chi connectivity index (χ0) is 15.8. The van der Waals surface area contributed by atoms with E-state index in [-0.39, 0.29) is 17.3 Å². The number of fused-ring (bicyclic) bond motifs is 1. The molecule has 1 atom stereocenters. The van der Waals surface area contributed by atoms with Gasteiger partial charge >= 0.3 is 0 Å². The molecule has 7 nitrogen and oxygen atoms in total. The molecule has 8 heteroatoms. The molecule has 1 heterocycles. The third kappa shape index (κ3) is 3.34. The van der Waals surface area contributed by atoms with Crippen LogP contribution in [-0.4, -0.2) is 37.7 Å². The average Bonchev–Trinajstić information content (AvgIpc) is 2.37. The number of rotatable bonds is 4. The van der Waals surface area contributed by atoms with Crippen LogP contribution in [0.5, 0.6) is 5.75 Å². The van der Waals surface area contributed by atoms with Gasteiger partial charge in [-0.1, -0.05) is 0 Å². The van der Waals surface area contributed by atoms with Crippen LogP contribution in [0.15, 0.2) is 23.1 Å². The fourth-order valence-corrected chi connectivity index (χ4v) is 2.92. The maximum absolute atomic E-state index is 12.1. The van der Waals surface area contributed by atoms with Gasteiger partial charge in [0.1, 0.15) is 5.75 Å². The fraction of sp³-hybridized carbons (Fsp3) is 0.462. The second-order valence-corrected chi connectivity index (χ2v) is 7.19. The number of aliphatic hydroxyl groups excluding tert-OH is 1. The summed E-state index contributed by atoms with van der Waals surface area (Å²) in [6, 6.07) is 4.21. The van der Waals surface area contributed by atoms with Crippen molar-refractivity contribution in [3.05, 3.63) is 18.2 Å². The molecular formula is C13H18N2O5S. The quantitative estimate of drug-likeness (QED) is 0.748. The van der Waals surface area contributed by atoms with Crippen molar-refractivity contribution in [3.8, 4) is 5.75 Å². The molecule has 0 aliphatic carbocycles. The molecule has 0 aromatic heterocycles. The van der Waals surface area contributed by atoms with Gasteiger partial charge in [-0.05, 0) is 39.0 Å². The van der Waals surface area contributed by atoms with Crippen LogP contribution in [0.4, 0.5) is 5.69 Å². The molecule has 0 saturated carbocycles. The lowest BCUT2D eigenvalue weighted by Crippen LogP contribution is -2.45. The maximum atomic E-state index is 12.1. The van der Waals surface area contributed by atoms with Gasteiger partial charge in [0.2, 0.25) is 10.0 Å². The topological polar surface area (TPSA) is 105 Å². The number of sulfonamides is 1. The molecule has 1 amide bonds. The number of carbonyl (C=O) groups excluding carboxylic acids is 1. The van der Waals surface area contributed by atoms with Crippen LogP contribution in [-0.2, 0) is 14.8 Å². The number of hydrogen-bond donors (Lipinski definition) is 3. The van der Waals surface area contributed by atoms with E-state index in [1.54, 1.807) is 13.8 Å². The number of benzene rings is 1. The van der Waals surface area contributed by atoms with Gasteiger partial charge in [0.25, 0.3) is 5.91 Å². The zero-order valence-corrected chi connectivity index (χ0v) is 12.8. The summed E-state index contributed by atoms with van der Waals surface area (Å²) in [7, 11) is -3.75. The van der Waals surface area contributed by atoms with Crippen molar-refractivity contribution in [1.29, 1.82) is 0 Å². The molecule has 3 N–H and O–H groups in total. The molecule has 1 unspecified atom stereocenters. The second kappa shape index (κ2) is 5.28. The van der Waals surface area contributed by atoms with Crippen LogP contribution in [0, 0.1) is 0 Å². The van der Waals surface area contributed by atoms with Gasteiger partial charge in [-0.3, -0.25) is 4.79 Å². The molecule has 0 spiro atoms. The molecule has 1 aromatic carbocycles. The third-order valence-corrected chi connectivity index (χ3v) is 4.41. The largest absolute Gasteiger partial charge is 0.476 e. The van der Waals surface area contributed by atoms with E-state index in [9.17, 15) is 13.2 Å².